The fourth-order valence-electron chi connectivity index (χ4n) is 2.63. The highest BCUT2D eigenvalue weighted by Gasteiger charge is 2.37. The van der Waals surface area contributed by atoms with Gasteiger partial charge in [0.05, 0.1) is 13.0 Å². The molecule has 0 aliphatic carbocycles. The standard InChI is InChI=1S/C14H20N2O7S/c1-9-13(10(2)23-15-9)24(19,20)16-6-4-5-11(7-16)14(18)22-8-12(17)21-3/h11H,4-8H2,1-3H3. The van der Waals surface area contributed by atoms with E-state index in [1.165, 1.54) is 18.3 Å². The number of hydrogen-bond acceptors (Lipinski definition) is 8. The summed E-state index contributed by atoms with van der Waals surface area (Å²) < 4.78 is 41.0. The van der Waals surface area contributed by atoms with Crippen LogP contribution in [-0.4, -0.2) is 56.6 Å². The van der Waals surface area contributed by atoms with Gasteiger partial charge in [-0.05, 0) is 26.7 Å². The number of ether oxygens (including phenoxy) is 2. The van der Waals surface area contributed by atoms with E-state index in [1.807, 2.05) is 0 Å². The van der Waals surface area contributed by atoms with Gasteiger partial charge in [-0.1, -0.05) is 5.16 Å². The lowest BCUT2D eigenvalue weighted by molar-refractivity contribution is -0.160. The van der Waals surface area contributed by atoms with Crippen LogP contribution in [0.25, 0.3) is 0 Å². The van der Waals surface area contributed by atoms with Crippen LogP contribution in [0.5, 0.6) is 0 Å². The number of rotatable bonds is 5. The SMILES string of the molecule is COC(=O)COC(=O)C1CCCN(S(=O)(=O)c2c(C)noc2C)C1. The number of hydrogen-bond donors (Lipinski definition) is 0. The van der Waals surface area contributed by atoms with Crippen molar-refractivity contribution >= 4 is 22.0 Å². The molecule has 1 saturated heterocycles. The van der Waals surface area contributed by atoms with E-state index in [9.17, 15) is 18.0 Å². The molecule has 1 aliphatic rings. The van der Waals surface area contributed by atoms with Crippen LogP contribution in [0.15, 0.2) is 9.42 Å². The van der Waals surface area contributed by atoms with Gasteiger partial charge in [-0.3, -0.25) is 4.79 Å². The predicted molar refractivity (Wildman–Crippen MR) is 80.4 cm³/mol. The third-order valence-corrected chi connectivity index (χ3v) is 5.95. The summed E-state index contributed by atoms with van der Waals surface area (Å²) in [5, 5.41) is 3.67. The lowest BCUT2D eigenvalue weighted by Gasteiger charge is -2.30. The lowest BCUT2D eigenvalue weighted by atomic mass is 10.0. The minimum atomic E-state index is -3.80. The quantitative estimate of drug-likeness (QED) is 0.693. The van der Waals surface area contributed by atoms with Gasteiger partial charge in [-0.25, -0.2) is 13.2 Å². The first-order chi connectivity index (χ1) is 11.3. The number of esters is 2. The first-order valence-electron chi connectivity index (χ1n) is 7.43. The molecule has 1 aromatic heterocycles. The first-order valence-corrected chi connectivity index (χ1v) is 8.88. The molecule has 9 nitrogen and oxygen atoms in total. The van der Waals surface area contributed by atoms with Crippen LogP contribution in [0.3, 0.4) is 0 Å². The Balaban J connectivity index is 2.10. The van der Waals surface area contributed by atoms with Crippen LogP contribution in [0.2, 0.25) is 0 Å². The molecular formula is C14H20N2O7S. The number of carbonyl (C=O) groups excluding carboxylic acids is 2. The van der Waals surface area contributed by atoms with Crippen LogP contribution in [0.4, 0.5) is 0 Å². The first kappa shape index (κ1) is 18.4. The highest BCUT2D eigenvalue weighted by atomic mass is 32.2. The molecule has 1 atom stereocenters. The third-order valence-electron chi connectivity index (χ3n) is 3.84. The van der Waals surface area contributed by atoms with Gasteiger partial charge in [0.1, 0.15) is 10.6 Å². The molecule has 0 bridgehead atoms. The van der Waals surface area contributed by atoms with Crippen molar-refractivity contribution in [1.29, 1.82) is 0 Å². The molecule has 1 unspecified atom stereocenters. The second-order valence-electron chi connectivity index (χ2n) is 5.54. The van der Waals surface area contributed by atoms with Gasteiger partial charge in [0, 0.05) is 13.1 Å². The molecule has 2 rings (SSSR count). The van der Waals surface area contributed by atoms with Gasteiger partial charge in [0.15, 0.2) is 12.4 Å². The Morgan fingerprint density at radius 2 is 2.08 bits per heavy atom. The van der Waals surface area contributed by atoms with Crippen molar-refractivity contribution in [3.63, 3.8) is 0 Å². The third kappa shape index (κ3) is 3.75. The molecule has 134 valence electrons. The van der Waals surface area contributed by atoms with Gasteiger partial charge in [-0.2, -0.15) is 4.31 Å². The Morgan fingerprint density at radius 1 is 1.38 bits per heavy atom. The molecule has 1 fully saturated rings. The zero-order valence-corrected chi connectivity index (χ0v) is 14.6. The Kier molecular flexibility index (Phi) is 5.60. The number of methoxy groups -OCH3 is 1. The summed E-state index contributed by atoms with van der Waals surface area (Å²) >= 11 is 0. The summed E-state index contributed by atoms with van der Waals surface area (Å²) in [6.07, 6.45) is 1.01. The predicted octanol–water partition coefficient (Wildman–Crippen LogP) is 0.408. The Morgan fingerprint density at radius 3 is 2.67 bits per heavy atom. The highest BCUT2D eigenvalue weighted by molar-refractivity contribution is 7.89. The van der Waals surface area contributed by atoms with Gasteiger partial charge in [0.25, 0.3) is 0 Å². The summed E-state index contributed by atoms with van der Waals surface area (Å²) in [4.78, 5) is 23.1. The Labute approximate surface area is 139 Å². The summed E-state index contributed by atoms with van der Waals surface area (Å²) in [7, 11) is -2.62. The number of aromatic nitrogens is 1. The van der Waals surface area contributed by atoms with E-state index >= 15 is 0 Å². The smallest absolute Gasteiger partial charge is 0.344 e. The number of nitrogens with zero attached hydrogens (tertiary/aromatic N) is 2. The minimum absolute atomic E-state index is 0.00754. The molecule has 10 heteroatoms. The number of piperidine rings is 1. The van der Waals surface area contributed by atoms with Crippen molar-refractivity contribution in [3.8, 4) is 0 Å². The van der Waals surface area contributed by atoms with Crippen LogP contribution >= 0.6 is 0 Å². The van der Waals surface area contributed by atoms with Crippen LogP contribution in [0.1, 0.15) is 24.3 Å². The van der Waals surface area contributed by atoms with E-state index in [0.717, 1.165) is 0 Å². The molecule has 0 spiro atoms. The average Bonchev–Trinajstić information content (AvgIpc) is 2.91. The van der Waals surface area contributed by atoms with Crippen molar-refractivity contribution in [2.75, 3.05) is 26.8 Å². The summed E-state index contributed by atoms with van der Waals surface area (Å²) in [5.74, 6) is -1.69. The fourth-order valence-corrected chi connectivity index (χ4v) is 4.45. The van der Waals surface area contributed by atoms with E-state index in [1.54, 1.807) is 6.92 Å². The average molecular weight is 360 g/mol. The summed E-state index contributed by atoms with van der Waals surface area (Å²) in [6, 6.07) is 0. The fraction of sp³-hybridized carbons (Fsp3) is 0.643. The number of aryl methyl sites for hydroxylation is 2. The molecule has 0 saturated carbocycles. The van der Waals surface area contributed by atoms with E-state index in [0.29, 0.717) is 19.4 Å². The Bertz CT molecular complexity index is 706. The summed E-state index contributed by atoms with van der Waals surface area (Å²) in [6.45, 7) is 2.89. The second kappa shape index (κ2) is 7.31. The monoisotopic (exact) mass is 360 g/mol. The molecule has 24 heavy (non-hydrogen) atoms. The minimum Gasteiger partial charge on any atom is -0.466 e. The molecule has 2 heterocycles. The maximum atomic E-state index is 12.8. The van der Waals surface area contributed by atoms with Crippen molar-refractivity contribution < 1.29 is 32.0 Å². The van der Waals surface area contributed by atoms with Gasteiger partial charge < -0.3 is 14.0 Å². The van der Waals surface area contributed by atoms with Crippen molar-refractivity contribution in [2.45, 2.75) is 31.6 Å². The van der Waals surface area contributed by atoms with Gasteiger partial charge in [0.2, 0.25) is 10.0 Å². The zero-order chi connectivity index (χ0) is 17.9. The van der Waals surface area contributed by atoms with E-state index in [2.05, 4.69) is 9.89 Å². The normalized spacial score (nSPS) is 19.0. The Hall–Kier alpha value is -1.94. The van der Waals surface area contributed by atoms with E-state index < -0.39 is 34.5 Å². The van der Waals surface area contributed by atoms with Crippen LogP contribution in [-0.2, 0) is 29.1 Å². The highest BCUT2D eigenvalue weighted by Crippen LogP contribution is 2.28. The maximum Gasteiger partial charge on any atom is 0.344 e. The largest absolute Gasteiger partial charge is 0.466 e. The molecular weight excluding hydrogens is 340 g/mol. The molecule has 0 aromatic carbocycles. The summed E-state index contributed by atoms with van der Waals surface area (Å²) in [5.41, 5.74) is 0.280. The van der Waals surface area contributed by atoms with Crippen LogP contribution < -0.4 is 0 Å². The van der Waals surface area contributed by atoms with Gasteiger partial charge in [-0.15, -0.1) is 0 Å². The zero-order valence-electron chi connectivity index (χ0n) is 13.8. The molecule has 0 N–H and O–H groups in total. The molecule has 1 aliphatic heterocycles. The number of sulfonamides is 1. The molecule has 0 radical (unpaired) electrons. The number of carbonyl (C=O) groups is 2. The topological polar surface area (TPSA) is 116 Å². The van der Waals surface area contributed by atoms with Crippen molar-refractivity contribution in [3.05, 3.63) is 11.5 Å². The van der Waals surface area contributed by atoms with Crippen molar-refractivity contribution in [1.82, 2.24) is 9.46 Å². The maximum absolute atomic E-state index is 12.8. The second-order valence-corrected chi connectivity index (χ2v) is 7.41. The van der Waals surface area contributed by atoms with Crippen molar-refractivity contribution in [2.24, 2.45) is 5.92 Å². The van der Waals surface area contributed by atoms with E-state index in [-0.39, 0.29) is 22.9 Å². The molecule has 1 aromatic rings. The molecule has 0 amide bonds. The lowest BCUT2D eigenvalue weighted by Crippen LogP contribution is -2.43. The van der Waals surface area contributed by atoms with E-state index in [4.69, 9.17) is 9.26 Å². The van der Waals surface area contributed by atoms with Gasteiger partial charge >= 0.3 is 11.9 Å². The van der Waals surface area contributed by atoms with Crippen LogP contribution in [0, 0.1) is 19.8 Å².